The lowest BCUT2D eigenvalue weighted by Gasteiger charge is -2.24. The quantitative estimate of drug-likeness (QED) is 0.811. The maximum Gasteiger partial charge on any atom is 0.263 e. The van der Waals surface area contributed by atoms with E-state index in [2.05, 4.69) is 0 Å². The summed E-state index contributed by atoms with van der Waals surface area (Å²) in [6, 6.07) is 17.8. The Balaban J connectivity index is 2.03. The van der Waals surface area contributed by atoms with Crippen LogP contribution in [0.2, 0.25) is 0 Å². The molecule has 0 aromatic heterocycles. The predicted molar refractivity (Wildman–Crippen MR) is 88.8 cm³/mol. The average Bonchev–Trinajstić information content (AvgIpc) is 2.54. The minimum atomic E-state index is -0.449. The van der Waals surface area contributed by atoms with Crippen LogP contribution in [0.5, 0.6) is 5.75 Å². The van der Waals surface area contributed by atoms with E-state index >= 15 is 0 Å². The number of likely N-dealkylation sites (N-methyl/N-ethyl adjacent to an activating group) is 1. The van der Waals surface area contributed by atoms with Gasteiger partial charge in [0.05, 0.1) is 0 Å². The van der Waals surface area contributed by atoms with Gasteiger partial charge in [0.25, 0.3) is 5.91 Å². The van der Waals surface area contributed by atoms with E-state index in [9.17, 15) is 4.79 Å². The number of nitrogens with zero attached hydrogens (tertiary/aromatic N) is 1. The summed E-state index contributed by atoms with van der Waals surface area (Å²) in [5.74, 6) is 0.783. The Hall–Kier alpha value is -2.29. The minimum Gasteiger partial charge on any atom is -0.480 e. The molecule has 2 aromatic carbocycles. The monoisotopic (exact) mass is 297 g/mol. The van der Waals surface area contributed by atoms with Gasteiger partial charge in [-0.05, 0) is 30.5 Å². The molecule has 0 unspecified atom stereocenters. The average molecular weight is 297 g/mol. The highest BCUT2D eigenvalue weighted by Crippen LogP contribution is 2.19. The molecule has 0 N–H and O–H groups in total. The lowest BCUT2D eigenvalue weighted by atomic mass is 10.2. The van der Waals surface area contributed by atoms with Crippen molar-refractivity contribution < 1.29 is 9.53 Å². The van der Waals surface area contributed by atoms with Crippen molar-refractivity contribution in [1.29, 1.82) is 0 Å². The number of rotatable bonds is 6. The number of aryl methyl sites for hydroxylation is 1. The molecule has 0 saturated heterocycles. The van der Waals surface area contributed by atoms with Gasteiger partial charge < -0.3 is 9.64 Å². The van der Waals surface area contributed by atoms with Crippen LogP contribution in [-0.4, -0.2) is 24.0 Å². The van der Waals surface area contributed by atoms with E-state index in [1.165, 1.54) is 0 Å². The Kier molecular flexibility index (Phi) is 5.59. The van der Waals surface area contributed by atoms with E-state index in [0.29, 0.717) is 13.0 Å². The summed E-state index contributed by atoms with van der Waals surface area (Å²) in [6.07, 6.45) is 0.196. The van der Waals surface area contributed by atoms with Crippen LogP contribution in [0.1, 0.15) is 24.5 Å². The highest BCUT2D eigenvalue weighted by atomic mass is 16.5. The molecule has 0 bridgehead atoms. The second-order valence-corrected chi connectivity index (χ2v) is 5.46. The zero-order chi connectivity index (χ0) is 15.9. The first-order valence-electron chi connectivity index (χ1n) is 7.63. The zero-order valence-electron chi connectivity index (χ0n) is 13.5. The molecule has 0 heterocycles. The summed E-state index contributed by atoms with van der Waals surface area (Å²) in [5, 5.41) is 0. The molecular formula is C19H23NO2. The van der Waals surface area contributed by atoms with Crippen molar-refractivity contribution in [1.82, 2.24) is 4.90 Å². The van der Waals surface area contributed by atoms with Crippen LogP contribution in [0.4, 0.5) is 0 Å². The third kappa shape index (κ3) is 4.10. The van der Waals surface area contributed by atoms with Crippen molar-refractivity contribution in [3.63, 3.8) is 0 Å². The van der Waals surface area contributed by atoms with Crippen LogP contribution in [0, 0.1) is 6.92 Å². The first kappa shape index (κ1) is 16.1. The number of amides is 1. The highest BCUT2D eigenvalue weighted by molar-refractivity contribution is 5.81. The van der Waals surface area contributed by atoms with Crippen LogP contribution in [0.25, 0.3) is 0 Å². The maximum atomic E-state index is 12.6. The van der Waals surface area contributed by atoms with Crippen molar-refractivity contribution in [3.8, 4) is 5.75 Å². The van der Waals surface area contributed by atoms with Crippen LogP contribution in [-0.2, 0) is 11.3 Å². The minimum absolute atomic E-state index is 0.00889. The zero-order valence-corrected chi connectivity index (χ0v) is 13.5. The molecule has 0 aliphatic carbocycles. The molecule has 0 aliphatic heterocycles. The lowest BCUT2D eigenvalue weighted by Crippen LogP contribution is -2.39. The molecule has 1 amide bonds. The molecule has 2 rings (SSSR count). The van der Waals surface area contributed by atoms with Crippen LogP contribution in [0.15, 0.2) is 54.6 Å². The van der Waals surface area contributed by atoms with E-state index in [4.69, 9.17) is 4.74 Å². The molecule has 0 aliphatic rings. The van der Waals surface area contributed by atoms with Gasteiger partial charge in [-0.1, -0.05) is 55.5 Å². The van der Waals surface area contributed by atoms with Gasteiger partial charge in [0.15, 0.2) is 6.10 Å². The molecule has 22 heavy (non-hydrogen) atoms. The van der Waals surface area contributed by atoms with Crippen molar-refractivity contribution in [2.24, 2.45) is 0 Å². The van der Waals surface area contributed by atoms with E-state index < -0.39 is 6.10 Å². The van der Waals surface area contributed by atoms with Gasteiger partial charge in [-0.2, -0.15) is 0 Å². The van der Waals surface area contributed by atoms with Crippen LogP contribution < -0.4 is 4.74 Å². The number of carbonyl (C=O) groups is 1. The summed E-state index contributed by atoms with van der Waals surface area (Å²) >= 11 is 0. The molecular weight excluding hydrogens is 274 g/mol. The van der Waals surface area contributed by atoms with E-state index in [1.54, 1.807) is 4.90 Å². The molecule has 3 nitrogen and oxygen atoms in total. The Morgan fingerprint density at radius 1 is 1.09 bits per heavy atom. The second-order valence-electron chi connectivity index (χ2n) is 5.46. The topological polar surface area (TPSA) is 29.5 Å². The van der Waals surface area contributed by atoms with Crippen molar-refractivity contribution in [3.05, 3.63) is 65.7 Å². The smallest absolute Gasteiger partial charge is 0.263 e. The third-order valence-corrected chi connectivity index (χ3v) is 3.65. The molecule has 0 spiro atoms. The number of hydrogen-bond donors (Lipinski definition) is 0. The summed E-state index contributed by atoms with van der Waals surface area (Å²) in [7, 11) is 1.82. The Bertz CT molecular complexity index is 610. The Morgan fingerprint density at radius 2 is 1.73 bits per heavy atom. The molecule has 1 atom stereocenters. The van der Waals surface area contributed by atoms with Gasteiger partial charge in [-0.3, -0.25) is 4.79 Å². The normalized spacial score (nSPS) is 11.8. The molecule has 3 heteroatoms. The molecule has 2 aromatic rings. The number of para-hydroxylation sites is 1. The molecule has 0 radical (unpaired) electrons. The first-order chi connectivity index (χ1) is 10.6. The third-order valence-electron chi connectivity index (χ3n) is 3.65. The van der Waals surface area contributed by atoms with E-state index in [-0.39, 0.29) is 5.91 Å². The summed E-state index contributed by atoms with van der Waals surface area (Å²) < 4.78 is 5.92. The fraction of sp³-hybridized carbons (Fsp3) is 0.316. The van der Waals surface area contributed by atoms with Gasteiger partial charge in [-0.25, -0.2) is 0 Å². The number of hydrogen-bond acceptors (Lipinski definition) is 2. The fourth-order valence-corrected chi connectivity index (χ4v) is 2.33. The fourth-order valence-electron chi connectivity index (χ4n) is 2.33. The lowest BCUT2D eigenvalue weighted by molar-refractivity contribution is -0.138. The van der Waals surface area contributed by atoms with Crippen LogP contribution in [0.3, 0.4) is 0 Å². The molecule has 0 fully saturated rings. The standard InChI is InChI=1S/C19H23NO2/c1-4-17(22-18-13-9-8-10-15(18)2)19(21)20(3)14-16-11-6-5-7-12-16/h5-13,17H,4,14H2,1-3H3/t17-/m1/s1. The Labute approximate surface area is 132 Å². The van der Waals surface area contributed by atoms with Gasteiger partial charge >= 0.3 is 0 Å². The van der Waals surface area contributed by atoms with Crippen LogP contribution >= 0.6 is 0 Å². The predicted octanol–water partition coefficient (Wildman–Crippen LogP) is 3.81. The van der Waals surface area contributed by atoms with Gasteiger partial charge in [0.1, 0.15) is 5.75 Å². The van der Waals surface area contributed by atoms with Crippen molar-refractivity contribution >= 4 is 5.91 Å². The second kappa shape index (κ2) is 7.64. The van der Waals surface area contributed by atoms with Crippen molar-refractivity contribution in [2.75, 3.05) is 7.05 Å². The number of ether oxygens (including phenoxy) is 1. The van der Waals surface area contributed by atoms with Gasteiger partial charge in [-0.15, -0.1) is 0 Å². The Morgan fingerprint density at radius 3 is 2.36 bits per heavy atom. The maximum absolute atomic E-state index is 12.6. The summed E-state index contributed by atoms with van der Waals surface area (Å²) in [5.41, 5.74) is 2.16. The summed E-state index contributed by atoms with van der Waals surface area (Å²) in [4.78, 5) is 14.3. The largest absolute Gasteiger partial charge is 0.480 e. The van der Waals surface area contributed by atoms with Gasteiger partial charge in [0, 0.05) is 13.6 Å². The molecule has 116 valence electrons. The highest BCUT2D eigenvalue weighted by Gasteiger charge is 2.22. The van der Waals surface area contributed by atoms with Gasteiger partial charge in [0.2, 0.25) is 0 Å². The first-order valence-corrected chi connectivity index (χ1v) is 7.63. The SMILES string of the molecule is CC[C@@H](Oc1ccccc1C)C(=O)N(C)Cc1ccccc1. The van der Waals surface area contributed by atoms with E-state index in [1.807, 2.05) is 75.5 Å². The number of benzene rings is 2. The summed E-state index contributed by atoms with van der Waals surface area (Å²) in [6.45, 7) is 4.55. The number of carbonyl (C=O) groups excluding carboxylic acids is 1. The molecule has 0 saturated carbocycles. The van der Waals surface area contributed by atoms with Crippen molar-refractivity contribution in [2.45, 2.75) is 32.9 Å². The van der Waals surface area contributed by atoms with E-state index in [0.717, 1.165) is 16.9 Å².